The van der Waals surface area contributed by atoms with Gasteiger partial charge in [0, 0.05) is 33.2 Å². The second kappa shape index (κ2) is 6.67. The van der Waals surface area contributed by atoms with Crippen LogP contribution in [0.3, 0.4) is 0 Å². The summed E-state index contributed by atoms with van der Waals surface area (Å²) in [5, 5.41) is 15.8. The van der Waals surface area contributed by atoms with Gasteiger partial charge in [-0.1, -0.05) is 29.8 Å². The first kappa shape index (κ1) is 16.9. The molecule has 2 N–H and O–H groups in total. The molecule has 1 atom stereocenters. The summed E-state index contributed by atoms with van der Waals surface area (Å²) in [6, 6.07) is 12.9. The number of thiophene rings is 1. The molecule has 0 saturated carbocycles. The zero-order valence-electron chi connectivity index (χ0n) is 14.0. The summed E-state index contributed by atoms with van der Waals surface area (Å²) in [6.07, 6.45) is 0.347. The minimum Gasteiger partial charge on any atom is -0.504 e. The van der Waals surface area contributed by atoms with E-state index in [4.69, 9.17) is 16.3 Å². The van der Waals surface area contributed by atoms with Crippen LogP contribution in [0.2, 0.25) is 5.02 Å². The summed E-state index contributed by atoms with van der Waals surface area (Å²) in [7, 11) is 1.51. The first-order valence-corrected chi connectivity index (χ1v) is 9.36. The number of carbonyl (C=O) groups is 1. The molecule has 132 valence electrons. The van der Waals surface area contributed by atoms with E-state index in [1.807, 2.05) is 30.3 Å². The number of hydrogen-bond acceptors (Lipinski definition) is 4. The fourth-order valence-electron chi connectivity index (χ4n) is 3.26. The second-order valence-corrected chi connectivity index (χ2v) is 7.48. The number of phenolic OH excluding ortho intramolecular Hbond substituents is 1. The monoisotopic (exact) mass is 385 g/mol. The summed E-state index contributed by atoms with van der Waals surface area (Å²) >= 11 is 7.59. The fraction of sp³-hybridized carbons (Fsp3) is 0.150. The first-order chi connectivity index (χ1) is 12.6. The average Bonchev–Trinajstić information content (AvgIpc) is 3.05. The van der Waals surface area contributed by atoms with E-state index >= 15 is 0 Å². The van der Waals surface area contributed by atoms with E-state index in [0.29, 0.717) is 17.2 Å². The van der Waals surface area contributed by atoms with Crippen molar-refractivity contribution in [3.05, 3.63) is 63.3 Å². The molecular weight excluding hydrogens is 370 g/mol. The van der Waals surface area contributed by atoms with Crippen molar-refractivity contribution in [2.75, 3.05) is 12.4 Å². The Morgan fingerprint density at radius 2 is 2.00 bits per heavy atom. The van der Waals surface area contributed by atoms with Crippen LogP contribution in [0, 0.1) is 0 Å². The van der Waals surface area contributed by atoms with Gasteiger partial charge in [-0.05, 0) is 35.4 Å². The van der Waals surface area contributed by atoms with Crippen molar-refractivity contribution < 1.29 is 14.6 Å². The quantitative estimate of drug-likeness (QED) is 0.646. The van der Waals surface area contributed by atoms with Crippen LogP contribution < -0.4 is 10.1 Å². The molecule has 26 heavy (non-hydrogen) atoms. The number of aromatic hydroxyl groups is 1. The van der Waals surface area contributed by atoms with Crippen LogP contribution in [-0.2, 0) is 4.79 Å². The Bertz CT molecular complexity index is 981. The van der Waals surface area contributed by atoms with Crippen molar-refractivity contribution in [1.29, 1.82) is 0 Å². The molecule has 0 unspecified atom stereocenters. The van der Waals surface area contributed by atoms with Crippen LogP contribution in [-0.4, -0.2) is 18.1 Å². The number of benzene rings is 2. The molecule has 0 spiro atoms. The Balaban J connectivity index is 1.78. The van der Waals surface area contributed by atoms with Crippen LogP contribution in [0.1, 0.15) is 22.8 Å². The van der Waals surface area contributed by atoms with Crippen molar-refractivity contribution in [3.63, 3.8) is 0 Å². The Hall–Kier alpha value is -2.50. The molecule has 1 aliphatic heterocycles. The molecule has 0 bridgehead atoms. The Morgan fingerprint density at radius 1 is 1.23 bits per heavy atom. The number of phenols is 1. The largest absolute Gasteiger partial charge is 0.504 e. The lowest BCUT2D eigenvalue weighted by Crippen LogP contribution is -2.22. The topological polar surface area (TPSA) is 58.6 Å². The summed E-state index contributed by atoms with van der Waals surface area (Å²) in [5.41, 5.74) is 3.72. The minimum absolute atomic E-state index is 0.0357. The number of rotatable bonds is 3. The van der Waals surface area contributed by atoms with Crippen molar-refractivity contribution in [1.82, 2.24) is 0 Å². The first-order valence-electron chi connectivity index (χ1n) is 8.11. The number of methoxy groups -OCH3 is 1. The molecule has 3 aromatic rings. The van der Waals surface area contributed by atoms with Gasteiger partial charge in [0.25, 0.3) is 0 Å². The molecule has 1 aliphatic rings. The van der Waals surface area contributed by atoms with Gasteiger partial charge in [0.05, 0.1) is 12.8 Å². The van der Waals surface area contributed by atoms with E-state index in [-0.39, 0.29) is 17.6 Å². The van der Waals surface area contributed by atoms with Gasteiger partial charge in [-0.25, -0.2) is 0 Å². The average molecular weight is 386 g/mol. The molecule has 4 nitrogen and oxygen atoms in total. The maximum atomic E-state index is 12.3. The van der Waals surface area contributed by atoms with Gasteiger partial charge in [-0.2, -0.15) is 0 Å². The summed E-state index contributed by atoms with van der Waals surface area (Å²) in [5.74, 6) is 0.363. The molecule has 2 aromatic carbocycles. The highest BCUT2D eigenvalue weighted by molar-refractivity contribution is 7.11. The van der Waals surface area contributed by atoms with Gasteiger partial charge in [-0.3, -0.25) is 4.79 Å². The van der Waals surface area contributed by atoms with Crippen LogP contribution in [0.15, 0.2) is 47.8 Å². The number of nitrogens with one attached hydrogen (secondary N) is 1. The number of amides is 1. The maximum Gasteiger partial charge on any atom is 0.225 e. The standard InChI is InChI=1S/C20H16ClNO3S/c1-25-17-7-4-12(8-16(17)23)14-9-18(24)22-19-15(10-26-20(14)19)11-2-5-13(21)6-3-11/h2-8,10,14,23H,9H2,1H3,(H,22,24)/t14-/m1/s1. The molecule has 1 aromatic heterocycles. The van der Waals surface area contributed by atoms with Crippen molar-refractivity contribution in [2.45, 2.75) is 12.3 Å². The lowest BCUT2D eigenvalue weighted by molar-refractivity contribution is -0.116. The lowest BCUT2D eigenvalue weighted by Gasteiger charge is -2.24. The predicted molar refractivity (Wildman–Crippen MR) is 105 cm³/mol. The SMILES string of the molecule is COc1ccc([C@H]2CC(=O)Nc3c(-c4ccc(Cl)cc4)csc32)cc1O. The highest BCUT2D eigenvalue weighted by atomic mass is 35.5. The molecule has 2 heterocycles. The summed E-state index contributed by atoms with van der Waals surface area (Å²) < 4.78 is 5.11. The molecule has 0 saturated heterocycles. The molecule has 0 aliphatic carbocycles. The Labute approximate surface area is 160 Å². The smallest absolute Gasteiger partial charge is 0.225 e. The van der Waals surface area contributed by atoms with Crippen LogP contribution in [0.25, 0.3) is 11.1 Å². The van der Waals surface area contributed by atoms with Gasteiger partial charge in [0.2, 0.25) is 5.91 Å². The van der Waals surface area contributed by atoms with Crippen LogP contribution in [0.5, 0.6) is 11.5 Å². The summed E-state index contributed by atoms with van der Waals surface area (Å²) in [4.78, 5) is 13.4. The van der Waals surface area contributed by atoms with E-state index in [9.17, 15) is 9.90 Å². The zero-order chi connectivity index (χ0) is 18.3. The van der Waals surface area contributed by atoms with Crippen molar-refractivity contribution >= 4 is 34.5 Å². The van der Waals surface area contributed by atoms with Gasteiger partial charge in [-0.15, -0.1) is 11.3 Å². The number of carbonyl (C=O) groups excluding carboxylic acids is 1. The van der Waals surface area contributed by atoms with Gasteiger partial charge < -0.3 is 15.2 Å². The second-order valence-electron chi connectivity index (χ2n) is 6.13. The van der Waals surface area contributed by atoms with Crippen LogP contribution in [0.4, 0.5) is 5.69 Å². The number of ether oxygens (including phenoxy) is 1. The third kappa shape index (κ3) is 2.93. The predicted octanol–water partition coefficient (Wildman–Crippen LogP) is 5.26. The van der Waals surface area contributed by atoms with Crippen molar-refractivity contribution in [2.24, 2.45) is 0 Å². The number of halogens is 1. The normalized spacial score (nSPS) is 16.1. The number of fused-ring (bicyclic) bond motifs is 1. The maximum absolute atomic E-state index is 12.3. The number of hydrogen-bond donors (Lipinski definition) is 2. The molecule has 0 radical (unpaired) electrons. The Kier molecular flexibility index (Phi) is 4.34. The third-order valence-electron chi connectivity index (χ3n) is 4.55. The lowest BCUT2D eigenvalue weighted by atomic mass is 9.89. The highest BCUT2D eigenvalue weighted by Crippen LogP contribution is 2.47. The summed E-state index contributed by atoms with van der Waals surface area (Å²) in [6.45, 7) is 0. The van der Waals surface area contributed by atoms with E-state index in [1.165, 1.54) is 7.11 Å². The van der Waals surface area contributed by atoms with Gasteiger partial charge in [0.1, 0.15) is 0 Å². The highest BCUT2D eigenvalue weighted by Gasteiger charge is 2.30. The van der Waals surface area contributed by atoms with Crippen molar-refractivity contribution in [3.8, 4) is 22.6 Å². The minimum atomic E-state index is -0.0957. The van der Waals surface area contributed by atoms with Gasteiger partial charge in [0.15, 0.2) is 11.5 Å². The zero-order valence-corrected chi connectivity index (χ0v) is 15.5. The third-order valence-corrected chi connectivity index (χ3v) is 5.90. The molecule has 4 rings (SSSR count). The van der Waals surface area contributed by atoms with Gasteiger partial charge >= 0.3 is 0 Å². The molecule has 1 amide bonds. The van der Waals surface area contributed by atoms with Crippen LogP contribution >= 0.6 is 22.9 Å². The molecule has 0 fully saturated rings. The van der Waals surface area contributed by atoms with E-state index < -0.39 is 0 Å². The van der Waals surface area contributed by atoms with E-state index in [2.05, 4.69) is 10.7 Å². The molecule has 6 heteroatoms. The fourth-order valence-corrected chi connectivity index (χ4v) is 4.55. The number of anilines is 1. The van der Waals surface area contributed by atoms with E-state index in [1.54, 1.807) is 23.5 Å². The van der Waals surface area contributed by atoms with E-state index in [0.717, 1.165) is 27.3 Å². The molecular formula is C20H16ClNO3S. The Morgan fingerprint density at radius 3 is 2.69 bits per heavy atom.